The number of amides is 2. The Labute approximate surface area is 182 Å². The molecular formula is C24H28N2O5. The maximum absolute atomic E-state index is 12.9. The topological polar surface area (TPSA) is 68.3 Å². The second-order valence-electron chi connectivity index (χ2n) is 7.79. The minimum absolute atomic E-state index is 0.000499. The predicted molar refractivity (Wildman–Crippen MR) is 117 cm³/mol. The van der Waals surface area contributed by atoms with Crippen LogP contribution in [0.2, 0.25) is 0 Å². The van der Waals surface area contributed by atoms with E-state index in [0.717, 1.165) is 37.1 Å². The first-order valence-electron chi connectivity index (χ1n) is 10.7. The maximum atomic E-state index is 12.9. The van der Waals surface area contributed by atoms with E-state index in [2.05, 4.69) is 0 Å². The van der Waals surface area contributed by atoms with Gasteiger partial charge >= 0.3 is 0 Å². The summed E-state index contributed by atoms with van der Waals surface area (Å²) in [6.07, 6.45) is 3.34. The van der Waals surface area contributed by atoms with E-state index < -0.39 is 0 Å². The number of rotatable bonds is 7. The summed E-state index contributed by atoms with van der Waals surface area (Å²) >= 11 is 0. The van der Waals surface area contributed by atoms with Gasteiger partial charge in [0.05, 0.1) is 20.3 Å². The van der Waals surface area contributed by atoms with Crippen LogP contribution in [0.25, 0.3) is 0 Å². The highest BCUT2D eigenvalue weighted by atomic mass is 16.5. The van der Waals surface area contributed by atoms with Crippen LogP contribution >= 0.6 is 0 Å². The Kier molecular flexibility index (Phi) is 6.30. The van der Waals surface area contributed by atoms with Crippen molar-refractivity contribution in [3.63, 3.8) is 0 Å². The average molecular weight is 424 g/mol. The fraction of sp³-hybridized carbons (Fsp3) is 0.417. The number of hydrogen-bond donors (Lipinski definition) is 0. The number of carbonyl (C=O) groups excluding carboxylic acids is 2. The summed E-state index contributed by atoms with van der Waals surface area (Å²) in [4.78, 5) is 28.4. The summed E-state index contributed by atoms with van der Waals surface area (Å²) in [5, 5.41) is 0. The summed E-state index contributed by atoms with van der Waals surface area (Å²) in [6.45, 7) is 1.44. The molecule has 2 amide bonds. The lowest BCUT2D eigenvalue weighted by Gasteiger charge is -2.26. The van der Waals surface area contributed by atoms with E-state index in [-0.39, 0.29) is 24.5 Å². The molecular weight excluding hydrogens is 396 g/mol. The third kappa shape index (κ3) is 4.45. The van der Waals surface area contributed by atoms with E-state index in [1.54, 1.807) is 19.1 Å². The second kappa shape index (κ2) is 9.29. The summed E-state index contributed by atoms with van der Waals surface area (Å²) in [5.41, 5.74) is 1.90. The van der Waals surface area contributed by atoms with Crippen LogP contribution < -0.4 is 19.1 Å². The van der Waals surface area contributed by atoms with Gasteiger partial charge in [0.1, 0.15) is 5.75 Å². The molecule has 31 heavy (non-hydrogen) atoms. The van der Waals surface area contributed by atoms with Gasteiger partial charge in [-0.15, -0.1) is 0 Å². The van der Waals surface area contributed by atoms with Gasteiger partial charge in [-0.3, -0.25) is 9.59 Å². The zero-order valence-corrected chi connectivity index (χ0v) is 18.0. The highest BCUT2D eigenvalue weighted by Gasteiger charge is 2.30. The molecule has 2 fully saturated rings. The Hall–Kier alpha value is -3.22. The van der Waals surface area contributed by atoms with Crippen molar-refractivity contribution in [2.75, 3.05) is 38.8 Å². The highest BCUT2D eigenvalue weighted by Crippen LogP contribution is 2.37. The summed E-state index contributed by atoms with van der Waals surface area (Å²) in [7, 11) is 3.22. The number of ether oxygens (including phenoxy) is 3. The lowest BCUT2D eigenvalue weighted by Crippen LogP contribution is -2.34. The average Bonchev–Trinajstić information content (AvgIpc) is 3.46. The van der Waals surface area contributed by atoms with Gasteiger partial charge in [0.15, 0.2) is 18.1 Å². The van der Waals surface area contributed by atoms with E-state index in [0.29, 0.717) is 30.2 Å². The van der Waals surface area contributed by atoms with Crippen LogP contribution in [-0.2, 0) is 9.59 Å². The van der Waals surface area contributed by atoms with Crippen LogP contribution in [0.1, 0.15) is 37.3 Å². The fourth-order valence-corrected chi connectivity index (χ4v) is 4.34. The van der Waals surface area contributed by atoms with E-state index in [9.17, 15) is 9.59 Å². The van der Waals surface area contributed by atoms with Crippen molar-refractivity contribution in [1.82, 2.24) is 4.90 Å². The molecule has 0 aromatic heterocycles. The molecule has 1 atom stereocenters. The van der Waals surface area contributed by atoms with Gasteiger partial charge in [0.2, 0.25) is 5.91 Å². The molecule has 0 bridgehead atoms. The normalized spacial score (nSPS) is 18.4. The highest BCUT2D eigenvalue weighted by molar-refractivity contribution is 5.95. The van der Waals surface area contributed by atoms with Crippen LogP contribution in [0.3, 0.4) is 0 Å². The lowest BCUT2D eigenvalue weighted by atomic mass is 10.0. The van der Waals surface area contributed by atoms with Crippen LogP contribution in [0.5, 0.6) is 17.2 Å². The van der Waals surface area contributed by atoms with Gasteiger partial charge < -0.3 is 24.0 Å². The SMILES string of the molecule is COc1ccc([C@@H]2CCCN2C(=O)COc2ccc(N3CCCC3=O)cc2)cc1OC. The molecule has 0 saturated carbocycles. The minimum atomic E-state index is -0.0453. The molecule has 2 aromatic rings. The molecule has 0 unspecified atom stereocenters. The van der Waals surface area contributed by atoms with Crippen LogP contribution in [-0.4, -0.2) is 50.6 Å². The second-order valence-corrected chi connectivity index (χ2v) is 7.79. The molecule has 2 aliphatic heterocycles. The molecule has 0 aliphatic carbocycles. The van der Waals surface area contributed by atoms with Crippen LogP contribution in [0.15, 0.2) is 42.5 Å². The number of anilines is 1. The lowest BCUT2D eigenvalue weighted by molar-refractivity contribution is -0.134. The number of hydrogen-bond acceptors (Lipinski definition) is 5. The third-order valence-corrected chi connectivity index (χ3v) is 5.95. The van der Waals surface area contributed by atoms with Crippen molar-refractivity contribution in [1.29, 1.82) is 0 Å². The van der Waals surface area contributed by atoms with Gasteiger partial charge in [-0.25, -0.2) is 0 Å². The van der Waals surface area contributed by atoms with Gasteiger partial charge in [0.25, 0.3) is 5.91 Å². The Morgan fingerprint density at radius 3 is 2.45 bits per heavy atom. The molecule has 0 radical (unpaired) electrons. The van der Waals surface area contributed by atoms with Crippen molar-refractivity contribution in [3.8, 4) is 17.2 Å². The third-order valence-electron chi connectivity index (χ3n) is 5.95. The molecule has 7 nitrogen and oxygen atoms in total. The van der Waals surface area contributed by atoms with Gasteiger partial charge in [0, 0.05) is 25.2 Å². The fourth-order valence-electron chi connectivity index (χ4n) is 4.34. The van der Waals surface area contributed by atoms with Crippen molar-refractivity contribution in [3.05, 3.63) is 48.0 Å². The molecule has 2 heterocycles. The molecule has 2 aliphatic rings. The van der Waals surface area contributed by atoms with E-state index in [1.165, 1.54) is 0 Å². The van der Waals surface area contributed by atoms with Crippen molar-refractivity contribution >= 4 is 17.5 Å². The Morgan fingerprint density at radius 2 is 1.77 bits per heavy atom. The molecule has 7 heteroatoms. The number of likely N-dealkylation sites (tertiary alicyclic amines) is 1. The monoisotopic (exact) mass is 424 g/mol. The van der Waals surface area contributed by atoms with Crippen LogP contribution in [0.4, 0.5) is 5.69 Å². The summed E-state index contributed by atoms with van der Waals surface area (Å²) in [5.74, 6) is 2.05. The summed E-state index contributed by atoms with van der Waals surface area (Å²) < 4.78 is 16.5. The Balaban J connectivity index is 1.38. The number of methoxy groups -OCH3 is 2. The quantitative estimate of drug-likeness (QED) is 0.680. The number of nitrogens with zero attached hydrogens (tertiary/aromatic N) is 2. The maximum Gasteiger partial charge on any atom is 0.261 e. The zero-order valence-electron chi connectivity index (χ0n) is 18.0. The first-order chi connectivity index (χ1) is 15.1. The predicted octanol–water partition coefficient (Wildman–Crippen LogP) is 3.57. The smallest absolute Gasteiger partial charge is 0.261 e. The standard InChI is InChI=1S/C24H28N2O5/c1-29-21-12-7-17(15-22(21)30-2)20-5-3-14-26(20)24(28)16-31-19-10-8-18(9-11-19)25-13-4-6-23(25)27/h7-12,15,20H,3-6,13-14,16H2,1-2H3/t20-/m0/s1. The number of carbonyl (C=O) groups is 2. The molecule has 0 spiro atoms. The first kappa shape index (κ1) is 21.0. The molecule has 164 valence electrons. The van der Waals surface area contributed by atoms with Gasteiger partial charge in [-0.2, -0.15) is 0 Å². The molecule has 2 saturated heterocycles. The molecule has 4 rings (SSSR count). The minimum Gasteiger partial charge on any atom is -0.493 e. The van der Waals surface area contributed by atoms with Crippen molar-refractivity contribution in [2.24, 2.45) is 0 Å². The van der Waals surface area contributed by atoms with Crippen molar-refractivity contribution in [2.45, 2.75) is 31.7 Å². The molecule has 2 aromatic carbocycles. The first-order valence-corrected chi connectivity index (χ1v) is 10.7. The zero-order chi connectivity index (χ0) is 21.8. The Bertz CT molecular complexity index is 943. The van der Waals surface area contributed by atoms with Gasteiger partial charge in [-0.1, -0.05) is 6.07 Å². The van der Waals surface area contributed by atoms with Gasteiger partial charge in [-0.05, 0) is 61.2 Å². The molecule has 0 N–H and O–H groups in total. The van der Waals surface area contributed by atoms with Crippen molar-refractivity contribution < 1.29 is 23.8 Å². The van der Waals surface area contributed by atoms with E-state index in [4.69, 9.17) is 14.2 Å². The Morgan fingerprint density at radius 1 is 1.00 bits per heavy atom. The number of benzene rings is 2. The van der Waals surface area contributed by atoms with Crippen LogP contribution in [0, 0.1) is 0 Å². The van der Waals surface area contributed by atoms with E-state index >= 15 is 0 Å². The van der Waals surface area contributed by atoms with E-state index in [1.807, 2.05) is 47.4 Å². The largest absolute Gasteiger partial charge is 0.493 e. The summed E-state index contributed by atoms with van der Waals surface area (Å²) in [6, 6.07) is 13.1.